The molecule has 0 heterocycles. The molecule has 3 nitrogen and oxygen atoms in total. The minimum Gasteiger partial charge on any atom is -0.395 e. The zero-order valence-electron chi connectivity index (χ0n) is 12.9. The summed E-state index contributed by atoms with van der Waals surface area (Å²) in [5.41, 5.74) is 3.77. The third-order valence-corrected chi connectivity index (χ3v) is 4.49. The van der Waals surface area contributed by atoms with Crippen molar-refractivity contribution in [2.24, 2.45) is 0 Å². The quantitative estimate of drug-likeness (QED) is 0.922. The van der Waals surface area contributed by atoms with E-state index < -0.39 is 0 Å². The Hall–Kier alpha value is -2.22. The van der Waals surface area contributed by atoms with Gasteiger partial charge in [-0.2, -0.15) is 5.26 Å². The van der Waals surface area contributed by atoms with Crippen LogP contribution in [0.15, 0.2) is 42.5 Å². The molecule has 0 saturated heterocycles. The molecule has 1 N–H and O–H groups in total. The van der Waals surface area contributed by atoms with Gasteiger partial charge in [0.25, 0.3) is 0 Å². The zero-order valence-corrected chi connectivity index (χ0v) is 12.9. The first-order valence-electron chi connectivity index (χ1n) is 7.84. The molecule has 1 aliphatic rings. The van der Waals surface area contributed by atoms with Gasteiger partial charge in [-0.1, -0.05) is 24.3 Å². The van der Waals surface area contributed by atoms with Crippen LogP contribution in [0.3, 0.4) is 0 Å². The summed E-state index contributed by atoms with van der Waals surface area (Å²) >= 11 is 0. The molecular weight excluding hydrogens is 291 g/mol. The van der Waals surface area contributed by atoms with Crippen molar-refractivity contribution in [3.63, 3.8) is 0 Å². The average Bonchev–Trinajstić information content (AvgIpc) is 2.99. The highest BCUT2D eigenvalue weighted by Crippen LogP contribution is 2.36. The molecule has 1 unspecified atom stereocenters. The lowest BCUT2D eigenvalue weighted by Crippen LogP contribution is -2.30. The number of fused-ring (bicyclic) bond motifs is 1. The normalized spacial score (nSPS) is 16.3. The second kappa shape index (κ2) is 6.91. The molecule has 4 heteroatoms. The lowest BCUT2D eigenvalue weighted by molar-refractivity contribution is 0.142. The minimum absolute atomic E-state index is 0.0376. The molecule has 2 aromatic carbocycles. The molecule has 0 saturated carbocycles. The van der Waals surface area contributed by atoms with E-state index in [-0.39, 0.29) is 18.5 Å². The molecule has 0 spiro atoms. The SMILES string of the molecule is N#Cc1ccc(F)cc1CN(CCO)C1CCc2ccccc21. The van der Waals surface area contributed by atoms with Crippen molar-refractivity contribution >= 4 is 0 Å². The molecular formula is C19H19FN2O. The molecule has 0 radical (unpaired) electrons. The van der Waals surface area contributed by atoms with Gasteiger partial charge in [-0.15, -0.1) is 0 Å². The maximum Gasteiger partial charge on any atom is 0.123 e. The largest absolute Gasteiger partial charge is 0.395 e. The molecule has 0 amide bonds. The maximum atomic E-state index is 13.6. The van der Waals surface area contributed by atoms with E-state index in [0.717, 1.165) is 12.8 Å². The molecule has 1 atom stereocenters. The molecule has 118 valence electrons. The van der Waals surface area contributed by atoms with Crippen molar-refractivity contribution in [1.29, 1.82) is 5.26 Å². The highest BCUT2D eigenvalue weighted by atomic mass is 19.1. The van der Waals surface area contributed by atoms with E-state index in [1.165, 1.54) is 29.3 Å². The Bertz CT molecular complexity index is 738. The summed E-state index contributed by atoms with van der Waals surface area (Å²) in [4.78, 5) is 2.14. The van der Waals surface area contributed by atoms with Gasteiger partial charge in [0, 0.05) is 19.1 Å². The van der Waals surface area contributed by atoms with Crippen LogP contribution in [0.1, 0.15) is 34.7 Å². The fourth-order valence-electron chi connectivity index (χ4n) is 3.41. The lowest BCUT2D eigenvalue weighted by Gasteiger charge is -2.29. The Balaban J connectivity index is 1.89. The monoisotopic (exact) mass is 310 g/mol. The van der Waals surface area contributed by atoms with Gasteiger partial charge < -0.3 is 5.11 Å². The second-order valence-electron chi connectivity index (χ2n) is 5.86. The van der Waals surface area contributed by atoms with Crippen molar-refractivity contribution in [3.05, 3.63) is 70.5 Å². The van der Waals surface area contributed by atoms with Gasteiger partial charge in [0.15, 0.2) is 0 Å². The van der Waals surface area contributed by atoms with Crippen LogP contribution >= 0.6 is 0 Å². The number of hydrogen-bond donors (Lipinski definition) is 1. The first-order chi connectivity index (χ1) is 11.2. The number of aliphatic hydroxyl groups excluding tert-OH is 1. The minimum atomic E-state index is -0.338. The number of aryl methyl sites for hydroxylation is 1. The van der Waals surface area contributed by atoms with E-state index in [1.807, 2.05) is 12.1 Å². The summed E-state index contributed by atoms with van der Waals surface area (Å²) < 4.78 is 13.6. The first kappa shape index (κ1) is 15.7. The smallest absolute Gasteiger partial charge is 0.123 e. The summed E-state index contributed by atoms with van der Waals surface area (Å²) in [6.45, 7) is 0.996. The zero-order chi connectivity index (χ0) is 16.2. The van der Waals surface area contributed by atoms with Gasteiger partial charge in [-0.05, 0) is 47.7 Å². The number of halogens is 1. The molecule has 0 fully saturated rings. The predicted octanol–water partition coefficient (Wildman–Crippen LogP) is 3.18. The summed E-state index contributed by atoms with van der Waals surface area (Å²) in [7, 11) is 0. The van der Waals surface area contributed by atoms with Crippen LogP contribution in [0.2, 0.25) is 0 Å². The number of aliphatic hydroxyl groups is 1. The summed E-state index contributed by atoms with van der Waals surface area (Å²) in [5, 5.41) is 18.7. The van der Waals surface area contributed by atoms with Gasteiger partial charge >= 0.3 is 0 Å². The van der Waals surface area contributed by atoms with Crippen LogP contribution in [0.25, 0.3) is 0 Å². The Morgan fingerprint density at radius 3 is 2.87 bits per heavy atom. The van der Waals surface area contributed by atoms with Gasteiger partial charge in [0.1, 0.15) is 5.82 Å². The Kier molecular flexibility index (Phi) is 4.71. The highest BCUT2D eigenvalue weighted by molar-refractivity contribution is 5.39. The summed E-state index contributed by atoms with van der Waals surface area (Å²) in [6, 6.07) is 14.9. The van der Waals surface area contributed by atoms with Crippen LogP contribution in [0.5, 0.6) is 0 Å². The van der Waals surface area contributed by atoms with Crippen LogP contribution in [-0.2, 0) is 13.0 Å². The van der Waals surface area contributed by atoms with Crippen LogP contribution in [-0.4, -0.2) is 23.2 Å². The fraction of sp³-hybridized carbons (Fsp3) is 0.316. The van der Waals surface area contributed by atoms with E-state index in [2.05, 4.69) is 23.1 Å². The van der Waals surface area contributed by atoms with Crippen molar-refractivity contribution in [1.82, 2.24) is 4.90 Å². The van der Waals surface area contributed by atoms with E-state index in [4.69, 9.17) is 0 Å². The summed E-state index contributed by atoms with van der Waals surface area (Å²) in [5.74, 6) is -0.338. The van der Waals surface area contributed by atoms with E-state index in [9.17, 15) is 14.8 Å². The third-order valence-electron chi connectivity index (χ3n) is 4.49. The van der Waals surface area contributed by atoms with Crippen LogP contribution < -0.4 is 0 Å². The fourth-order valence-corrected chi connectivity index (χ4v) is 3.41. The topological polar surface area (TPSA) is 47.3 Å². The number of benzene rings is 2. The Labute approximate surface area is 135 Å². The van der Waals surface area contributed by atoms with Gasteiger partial charge in [0.2, 0.25) is 0 Å². The third kappa shape index (κ3) is 3.26. The highest BCUT2D eigenvalue weighted by Gasteiger charge is 2.27. The van der Waals surface area contributed by atoms with Crippen molar-refractivity contribution < 1.29 is 9.50 Å². The predicted molar refractivity (Wildman–Crippen MR) is 86.1 cm³/mol. The number of rotatable bonds is 5. The number of nitrogens with zero attached hydrogens (tertiary/aromatic N) is 2. The van der Waals surface area contributed by atoms with Crippen LogP contribution in [0.4, 0.5) is 4.39 Å². The standard InChI is InChI=1S/C19H19FN2O/c20-17-7-5-15(12-21)16(11-17)13-22(9-10-23)19-8-6-14-3-1-2-4-18(14)19/h1-5,7,11,19,23H,6,8-10,13H2. The van der Waals surface area contributed by atoms with E-state index in [0.29, 0.717) is 24.2 Å². The first-order valence-corrected chi connectivity index (χ1v) is 7.84. The molecule has 0 bridgehead atoms. The molecule has 3 rings (SSSR count). The lowest BCUT2D eigenvalue weighted by atomic mass is 10.0. The van der Waals surface area contributed by atoms with Crippen LogP contribution in [0, 0.1) is 17.1 Å². The van der Waals surface area contributed by atoms with Gasteiger partial charge in [0.05, 0.1) is 18.2 Å². The molecule has 2 aromatic rings. The maximum absolute atomic E-state index is 13.6. The number of nitriles is 1. The Morgan fingerprint density at radius 1 is 1.26 bits per heavy atom. The Morgan fingerprint density at radius 2 is 2.09 bits per heavy atom. The van der Waals surface area contributed by atoms with Gasteiger partial charge in [-0.3, -0.25) is 4.90 Å². The van der Waals surface area contributed by atoms with Crippen molar-refractivity contribution in [2.75, 3.05) is 13.2 Å². The second-order valence-corrected chi connectivity index (χ2v) is 5.86. The molecule has 1 aliphatic carbocycles. The molecule has 0 aliphatic heterocycles. The number of hydrogen-bond acceptors (Lipinski definition) is 3. The van der Waals surface area contributed by atoms with Crippen molar-refractivity contribution in [2.45, 2.75) is 25.4 Å². The van der Waals surface area contributed by atoms with Gasteiger partial charge in [-0.25, -0.2) is 4.39 Å². The van der Waals surface area contributed by atoms with Crippen molar-refractivity contribution in [3.8, 4) is 6.07 Å². The van der Waals surface area contributed by atoms with E-state index >= 15 is 0 Å². The van der Waals surface area contributed by atoms with E-state index in [1.54, 1.807) is 0 Å². The molecule has 23 heavy (non-hydrogen) atoms. The molecule has 0 aromatic heterocycles. The average molecular weight is 310 g/mol. The summed E-state index contributed by atoms with van der Waals surface area (Å²) in [6.07, 6.45) is 1.99.